The van der Waals surface area contributed by atoms with E-state index in [4.69, 9.17) is 16.3 Å². The van der Waals surface area contributed by atoms with Crippen molar-refractivity contribution < 1.29 is 9.53 Å². The molecule has 0 saturated carbocycles. The number of nitrogens with zero attached hydrogens (tertiary/aromatic N) is 1. The van der Waals surface area contributed by atoms with Gasteiger partial charge in [0, 0.05) is 24.5 Å². The third-order valence-corrected chi connectivity index (χ3v) is 4.65. The maximum atomic E-state index is 12.4. The van der Waals surface area contributed by atoms with Crippen LogP contribution in [0, 0.1) is 6.92 Å². The fraction of sp³-hybridized carbons (Fsp3) is 0.350. The van der Waals surface area contributed by atoms with E-state index in [2.05, 4.69) is 18.2 Å². The zero-order valence-corrected chi connectivity index (χ0v) is 14.7. The number of aryl methyl sites for hydroxylation is 1. The van der Waals surface area contributed by atoms with Crippen LogP contribution in [0.25, 0.3) is 0 Å². The summed E-state index contributed by atoms with van der Waals surface area (Å²) in [5.74, 6) is 1.04. The van der Waals surface area contributed by atoms with Gasteiger partial charge in [0.1, 0.15) is 5.75 Å². The smallest absolute Gasteiger partial charge is 0.223 e. The van der Waals surface area contributed by atoms with Crippen LogP contribution in [0.15, 0.2) is 42.5 Å². The van der Waals surface area contributed by atoms with Gasteiger partial charge < -0.3 is 9.64 Å². The lowest BCUT2D eigenvalue weighted by atomic mass is 9.99. The number of amides is 1. The molecule has 3 rings (SSSR count). The first-order valence-corrected chi connectivity index (χ1v) is 8.75. The van der Waals surface area contributed by atoms with Crippen LogP contribution < -0.4 is 4.74 Å². The standard InChI is InChI=1S/C20H22ClNO2/c1-15-13-18(21)8-9-19(15)24-12-4-7-20(23)22-11-10-16-5-2-3-6-17(16)14-22/h2-3,5-6,8-9,13H,4,7,10-12,14H2,1H3. The van der Waals surface area contributed by atoms with Crippen molar-refractivity contribution in [3.05, 3.63) is 64.2 Å². The Morgan fingerprint density at radius 3 is 2.79 bits per heavy atom. The molecule has 1 amide bonds. The molecule has 0 N–H and O–H groups in total. The number of halogens is 1. The molecule has 3 nitrogen and oxygen atoms in total. The number of carbonyl (C=O) groups excluding carboxylic acids is 1. The summed E-state index contributed by atoms with van der Waals surface area (Å²) < 4.78 is 5.76. The minimum absolute atomic E-state index is 0.209. The molecule has 0 bridgehead atoms. The third kappa shape index (κ3) is 4.09. The SMILES string of the molecule is Cc1cc(Cl)ccc1OCCCC(=O)N1CCc2ccccc2C1. The first-order valence-electron chi connectivity index (χ1n) is 8.37. The van der Waals surface area contributed by atoms with Gasteiger partial charge in [0.25, 0.3) is 0 Å². The lowest BCUT2D eigenvalue weighted by Crippen LogP contribution is -2.35. The number of benzene rings is 2. The highest BCUT2D eigenvalue weighted by molar-refractivity contribution is 6.30. The van der Waals surface area contributed by atoms with E-state index >= 15 is 0 Å². The van der Waals surface area contributed by atoms with E-state index in [9.17, 15) is 4.79 Å². The van der Waals surface area contributed by atoms with E-state index in [1.54, 1.807) is 0 Å². The van der Waals surface area contributed by atoms with Crippen LogP contribution >= 0.6 is 11.6 Å². The summed E-state index contributed by atoms with van der Waals surface area (Å²) in [6.45, 7) is 4.05. The molecule has 0 unspecified atom stereocenters. The molecular formula is C20H22ClNO2. The lowest BCUT2D eigenvalue weighted by Gasteiger charge is -2.29. The summed E-state index contributed by atoms with van der Waals surface area (Å²) in [4.78, 5) is 14.3. The van der Waals surface area contributed by atoms with E-state index in [0.29, 0.717) is 18.1 Å². The number of rotatable bonds is 5. The van der Waals surface area contributed by atoms with Crippen molar-refractivity contribution in [2.45, 2.75) is 32.7 Å². The van der Waals surface area contributed by atoms with Gasteiger partial charge in [0.05, 0.1) is 6.61 Å². The molecule has 4 heteroatoms. The number of carbonyl (C=O) groups is 1. The second kappa shape index (κ2) is 7.71. The Morgan fingerprint density at radius 2 is 2.00 bits per heavy atom. The van der Waals surface area contributed by atoms with Crippen molar-refractivity contribution in [2.75, 3.05) is 13.2 Å². The maximum Gasteiger partial charge on any atom is 0.223 e. The Balaban J connectivity index is 1.45. The van der Waals surface area contributed by atoms with Gasteiger partial charge in [-0.1, -0.05) is 35.9 Å². The Kier molecular flexibility index (Phi) is 5.41. The van der Waals surface area contributed by atoms with Gasteiger partial charge in [-0.25, -0.2) is 0 Å². The second-order valence-electron chi connectivity index (χ2n) is 6.20. The van der Waals surface area contributed by atoms with Crippen LogP contribution in [-0.2, 0) is 17.8 Å². The van der Waals surface area contributed by atoms with Crippen LogP contribution in [-0.4, -0.2) is 24.0 Å². The first kappa shape index (κ1) is 16.8. The van der Waals surface area contributed by atoms with Gasteiger partial charge in [-0.15, -0.1) is 0 Å². The van der Waals surface area contributed by atoms with Crippen molar-refractivity contribution in [1.29, 1.82) is 0 Å². The highest BCUT2D eigenvalue weighted by atomic mass is 35.5. The molecule has 2 aromatic carbocycles. The molecule has 0 spiro atoms. The lowest BCUT2D eigenvalue weighted by molar-refractivity contribution is -0.132. The molecule has 1 aliphatic rings. The van der Waals surface area contributed by atoms with Gasteiger partial charge >= 0.3 is 0 Å². The van der Waals surface area contributed by atoms with E-state index in [-0.39, 0.29) is 5.91 Å². The number of hydrogen-bond acceptors (Lipinski definition) is 2. The second-order valence-corrected chi connectivity index (χ2v) is 6.63. The molecule has 0 fully saturated rings. The molecular weight excluding hydrogens is 322 g/mol. The first-order chi connectivity index (χ1) is 11.6. The summed E-state index contributed by atoms with van der Waals surface area (Å²) >= 11 is 5.94. The third-order valence-electron chi connectivity index (χ3n) is 4.41. The Bertz CT molecular complexity index is 729. The Morgan fingerprint density at radius 1 is 1.21 bits per heavy atom. The van der Waals surface area contributed by atoms with Crippen LogP contribution in [0.4, 0.5) is 0 Å². The monoisotopic (exact) mass is 343 g/mol. The van der Waals surface area contributed by atoms with Crippen LogP contribution in [0.2, 0.25) is 5.02 Å². The van der Waals surface area contributed by atoms with Crippen molar-refractivity contribution in [1.82, 2.24) is 4.90 Å². The van der Waals surface area contributed by atoms with Crippen molar-refractivity contribution in [2.24, 2.45) is 0 Å². The molecule has 126 valence electrons. The maximum absolute atomic E-state index is 12.4. The highest BCUT2D eigenvalue weighted by Crippen LogP contribution is 2.22. The van der Waals surface area contributed by atoms with E-state index in [1.807, 2.05) is 36.1 Å². The van der Waals surface area contributed by atoms with E-state index < -0.39 is 0 Å². The summed E-state index contributed by atoms with van der Waals surface area (Å²) in [7, 11) is 0. The molecule has 0 aromatic heterocycles. The Hall–Kier alpha value is -2.00. The molecule has 0 saturated heterocycles. The minimum Gasteiger partial charge on any atom is -0.493 e. The topological polar surface area (TPSA) is 29.5 Å². The normalized spacial score (nSPS) is 13.5. The fourth-order valence-electron chi connectivity index (χ4n) is 3.05. The van der Waals surface area contributed by atoms with Crippen molar-refractivity contribution in [3.63, 3.8) is 0 Å². The predicted molar refractivity (Wildman–Crippen MR) is 96.5 cm³/mol. The highest BCUT2D eigenvalue weighted by Gasteiger charge is 2.19. The number of fused-ring (bicyclic) bond motifs is 1. The van der Waals surface area contributed by atoms with Crippen LogP contribution in [0.5, 0.6) is 5.75 Å². The predicted octanol–water partition coefficient (Wildman–Crippen LogP) is 4.39. The summed E-state index contributed by atoms with van der Waals surface area (Å²) in [6, 6.07) is 13.9. The zero-order chi connectivity index (χ0) is 16.9. The number of hydrogen-bond donors (Lipinski definition) is 0. The molecule has 1 aliphatic heterocycles. The molecule has 2 aromatic rings. The van der Waals surface area contributed by atoms with Crippen LogP contribution in [0.3, 0.4) is 0 Å². The van der Waals surface area contributed by atoms with Crippen molar-refractivity contribution in [3.8, 4) is 5.75 Å². The number of ether oxygens (including phenoxy) is 1. The van der Waals surface area contributed by atoms with Crippen LogP contribution in [0.1, 0.15) is 29.5 Å². The minimum atomic E-state index is 0.209. The molecule has 24 heavy (non-hydrogen) atoms. The summed E-state index contributed by atoms with van der Waals surface area (Å²) in [5, 5.41) is 0.709. The van der Waals surface area contributed by atoms with Gasteiger partial charge in [-0.05, 0) is 54.7 Å². The molecule has 0 radical (unpaired) electrons. The van der Waals surface area contributed by atoms with E-state index in [0.717, 1.165) is 37.2 Å². The fourth-order valence-corrected chi connectivity index (χ4v) is 3.27. The quantitative estimate of drug-likeness (QED) is 0.753. The zero-order valence-electron chi connectivity index (χ0n) is 13.9. The largest absolute Gasteiger partial charge is 0.493 e. The van der Waals surface area contributed by atoms with Gasteiger partial charge in [0.15, 0.2) is 0 Å². The van der Waals surface area contributed by atoms with Gasteiger partial charge in [-0.2, -0.15) is 0 Å². The average molecular weight is 344 g/mol. The summed E-state index contributed by atoms with van der Waals surface area (Å²) in [5.41, 5.74) is 3.65. The molecule has 0 atom stereocenters. The van der Waals surface area contributed by atoms with Gasteiger partial charge in [-0.3, -0.25) is 4.79 Å². The average Bonchev–Trinajstić information content (AvgIpc) is 2.59. The Labute approximate surface area is 148 Å². The van der Waals surface area contributed by atoms with E-state index in [1.165, 1.54) is 11.1 Å². The summed E-state index contributed by atoms with van der Waals surface area (Å²) in [6.07, 6.45) is 2.19. The van der Waals surface area contributed by atoms with Gasteiger partial charge in [0.2, 0.25) is 5.91 Å². The molecule has 0 aliphatic carbocycles. The van der Waals surface area contributed by atoms with Crippen molar-refractivity contribution >= 4 is 17.5 Å². The molecule has 1 heterocycles.